The van der Waals surface area contributed by atoms with Crippen LogP contribution in [0.25, 0.3) is 89.8 Å². The van der Waals surface area contributed by atoms with E-state index in [4.69, 9.17) is 15.0 Å². The van der Waals surface area contributed by atoms with Gasteiger partial charge in [-0.25, -0.2) is 15.0 Å². The summed E-state index contributed by atoms with van der Waals surface area (Å²) in [5.74, 6) is 1.87. The van der Waals surface area contributed by atoms with Crippen LogP contribution in [0.2, 0.25) is 0 Å². The summed E-state index contributed by atoms with van der Waals surface area (Å²) in [4.78, 5) is 15.6. The summed E-state index contributed by atoms with van der Waals surface area (Å²) in [5, 5.41) is 0. The van der Waals surface area contributed by atoms with Crippen LogP contribution < -0.4 is 0 Å². The van der Waals surface area contributed by atoms with Crippen LogP contribution in [-0.4, -0.2) is 15.0 Å². The van der Waals surface area contributed by atoms with Crippen molar-refractivity contribution < 1.29 is 0 Å². The first-order valence-corrected chi connectivity index (χ1v) is 18.2. The van der Waals surface area contributed by atoms with Gasteiger partial charge in [-0.2, -0.15) is 0 Å². The van der Waals surface area contributed by atoms with Gasteiger partial charge < -0.3 is 0 Å². The number of hydrogen-bond acceptors (Lipinski definition) is 3. The normalized spacial score (nSPS) is 11.0. The van der Waals surface area contributed by atoms with Crippen molar-refractivity contribution >= 4 is 0 Å². The topological polar surface area (TPSA) is 38.7 Å². The monoisotopic (exact) mass is 689 g/mol. The Morgan fingerprint density at radius 3 is 1.02 bits per heavy atom. The number of hydrogen-bond donors (Lipinski definition) is 0. The van der Waals surface area contributed by atoms with Gasteiger partial charge in [0, 0.05) is 16.7 Å². The van der Waals surface area contributed by atoms with E-state index in [0.717, 1.165) is 50.1 Å². The van der Waals surface area contributed by atoms with Gasteiger partial charge in [-0.15, -0.1) is 0 Å². The quantitative estimate of drug-likeness (QED) is 0.159. The van der Waals surface area contributed by atoms with E-state index in [1.165, 1.54) is 22.3 Å². The third-order valence-corrected chi connectivity index (χ3v) is 9.78. The minimum atomic E-state index is 0.618. The highest BCUT2D eigenvalue weighted by Gasteiger charge is 2.18. The predicted octanol–water partition coefficient (Wildman–Crippen LogP) is 13.2. The van der Waals surface area contributed by atoms with Crippen LogP contribution in [0.15, 0.2) is 212 Å². The fourth-order valence-electron chi connectivity index (χ4n) is 7.15. The van der Waals surface area contributed by atoms with Gasteiger partial charge >= 0.3 is 0 Å². The lowest BCUT2D eigenvalue weighted by Crippen LogP contribution is -2.01. The minimum absolute atomic E-state index is 0.618. The molecule has 3 nitrogen and oxygen atoms in total. The number of nitrogens with zero attached hydrogens (tertiary/aromatic N) is 3. The third kappa shape index (κ3) is 6.63. The van der Waals surface area contributed by atoms with Crippen molar-refractivity contribution in [3.05, 3.63) is 212 Å². The van der Waals surface area contributed by atoms with E-state index in [1.54, 1.807) is 0 Å². The Labute approximate surface area is 316 Å². The van der Waals surface area contributed by atoms with Crippen LogP contribution in [0.3, 0.4) is 0 Å². The molecule has 0 aliphatic heterocycles. The summed E-state index contributed by atoms with van der Waals surface area (Å²) in [7, 11) is 0. The molecule has 0 aliphatic carbocycles. The molecule has 0 saturated heterocycles. The zero-order valence-corrected chi connectivity index (χ0v) is 29.5. The van der Waals surface area contributed by atoms with Crippen molar-refractivity contribution in [2.75, 3.05) is 0 Å². The lowest BCUT2D eigenvalue weighted by atomic mass is 9.89. The minimum Gasteiger partial charge on any atom is -0.208 e. The van der Waals surface area contributed by atoms with Crippen molar-refractivity contribution in [3.63, 3.8) is 0 Å². The first-order valence-electron chi connectivity index (χ1n) is 18.2. The maximum Gasteiger partial charge on any atom is 0.164 e. The molecule has 0 saturated carbocycles. The largest absolute Gasteiger partial charge is 0.208 e. The molecule has 9 aromatic rings. The molecule has 0 bridgehead atoms. The van der Waals surface area contributed by atoms with E-state index >= 15 is 0 Å². The molecule has 0 aliphatic rings. The Bertz CT molecular complexity index is 2700. The summed E-state index contributed by atoms with van der Waals surface area (Å²) < 4.78 is 0. The van der Waals surface area contributed by atoms with Crippen molar-refractivity contribution in [1.82, 2.24) is 15.0 Å². The van der Waals surface area contributed by atoms with E-state index < -0.39 is 0 Å². The first-order chi connectivity index (χ1) is 26.8. The van der Waals surface area contributed by atoms with E-state index in [9.17, 15) is 0 Å². The molecule has 3 heteroatoms. The second kappa shape index (κ2) is 14.8. The highest BCUT2D eigenvalue weighted by Crippen LogP contribution is 2.39. The SMILES string of the molecule is c1ccc(-c2cccc(-c3nc(-c4cccc(-c5ccccc5-c5ccccc5-c5ccccc5)c4)nc(-c4ccccc4-c4ccccc4)n3)c2)cc1. The molecule has 0 spiro atoms. The maximum atomic E-state index is 5.21. The fourth-order valence-corrected chi connectivity index (χ4v) is 7.15. The third-order valence-electron chi connectivity index (χ3n) is 9.78. The molecular weight excluding hydrogens is 655 g/mol. The Hall–Kier alpha value is -7.23. The van der Waals surface area contributed by atoms with Gasteiger partial charge in [-0.3, -0.25) is 0 Å². The molecule has 0 N–H and O–H groups in total. The Morgan fingerprint density at radius 2 is 0.500 bits per heavy atom. The van der Waals surface area contributed by atoms with E-state index in [0.29, 0.717) is 17.5 Å². The van der Waals surface area contributed by atoms with Gasteiger partial charge in [0.1, 0.15) is 0 Å². The molecule has 54 heavy (non-hydrogen) atoms. The summed E-state index contributed by atoms with van der Waals surface area (Å²) in [6.45, 7) is 0. The standard InChI is InChI=1S/C51H35N3/c1-4-18-36(19-5-1)39-24-16-26-41(34-39)49-52-50(54-51(53-49)48-33-15-12-29-44(48)38-22-8-3-9-23-38)42-27-17-25-40(35-42)45-30-11-14-32-47(45)46-31-13-10-28-43(46)37-20-6-2-7-21-37/h1-35H. The Balaban J connectivity index is 1.20. The lowest BCUT2D eigenvalue weighted by molar-refractivity contribution is 1.07. The highest BCUT2D eigenvalue weighted by molar-refractivity contribution is 5.92. The molecule has 0 amide bonds. The van der Waals surface area contributed by atoms with Crippen molar-refractivity contribution in [1.29, 1.82) is 0 Å². The summed E-state index contributed by atoms with van der Waals surface area (Å²) in [5.41, 5.74) is 14.2. The van der Waals surface area contributed by atoms with Crippen LogP contribution in [0, 0.1) is 0 Å². The van der Waals surface area contributed by atoms with E-state index in [-0.39, 0.29) is 0 Å². The summed E-state index contributed by atoms with van der Waals surface area (Å²) >= 11 is 0. The molecule has 254 valence electrons. The number of aromatic nitrogens is 3. The average molecular weight is 690 g/mol. The van der Waals surface area contributed by atoms with Gasteiger partial charge in [0.15, 0.2) is 17.5 Å². The zero-order chi connectivity index (χ0) is 36.1. The van der Waals surface area contributed by atoms with Crippen LogP contribution in [-0.2, 0) is 0 Å². The van der Waals surface area contributed by atoms with Crippen molar-refractivity contribution in [2.24, 2.45) is 0 Å². The van der Waals surface area contributed by atoms with E-state index in [2.05, 4.69) is 194 Å². The second-order valence-electron chi connectivity index (χ2n) is 13.2. The molecule has 9 rings (SSSR count). The van der Waals surface area contributed by atoms with Crippen molar-refractivity contribution in [3.8, 4) is 89.8 Å². The average Bonchev–Trinajstić information content (AvgIpc) is 3.27. The second-order valence-corrected chi connectivity index (χ2v) is 13.2. The van der Waals surface area contributed by atoms with Gasteiger partial charge in [0.05, 0.1) is 0 Å². The van der Waals surface area contributed by atoms with Crippen LogP contribution in [0.5, 0.6) is 0 Å². The molecule has 0 fully saturated rings. The molecular formula is C51H35N3. The van der Waals surface area contributed by atoms with Crippen LogP contribution in [0.4, 0.5) is 0 Å². The zero-order valence-electron chi connectivity index (χ0n) is 29.5. The Morgan fingerprint density at radius 1 is 0.185 bits per heavy atom. The maximum absolute atomic E-state index is 5.21. The summed E-state index contributed by atoms with van der Waals surface area (Å²) in [6.07, 6.45) is 0. The van der Waals surface area contributed by atoms with Gasteiger partial charge in [-0.05, 0) is 67.8 Å². The number of rotatable bonds is 8. The fraction of sp³-hybridized carbons (Fsp3) is 0. The van der Waals surface area contributed by atoms with E-state index in [1.807, 2.05) is 18.2 Å². The number of benzene rings is 8. The molecule has 1 heterocycles. The van der Waals surface area contributed by atoms with Crippen molar-refractivity contribution in [2.45, 2.75) is 0 Å². The summed E-state index contributed by atoms with van der Waals surface area (Å²) in [6, 6.07) is 74.0. The van der Waals surface area contributed by atoms with Gasteiger partial charge in [0.2, 0.25) is 0 Å². The predicted molar refractivity (Wildman–Crippen MR) is 223 cm³/mol. The molecule has 0 unspecified atom stereocenters. The van der Waals surface area contributed by atoms with Crippen LogP contribution in [0.1, 0.15) is 0 Å². The Kier molecular flexibility index (Phi) is 8.94. The molecule has 0 radical (unpaired) electrons. The lowest BCUT2D eigenvalue weighted by Gasteiger charge is -2.16. The van der Waals surface area contributed by atoms with Crippen LogP contribution >= 0.6 is 0 Å². The molecule has 1 aromatic heterocycles. The highest BCUT2D eigenvalue weighted by atomic mass is 15.0. The molecule has 0 atom stereocenters. The van der Waals surface area contributed by atoms with Gasteiger partial charge in [0.25, 0.3) is 0 Å². The molecule has 8 aromatic carbocycles. The van der Waals surface area contributed by atoms with Gasteiger partial charge in [-0.1, -0.05) is 200 Å². The first kappa shape index (κ1) is 32.7. The smallest absolute Gasteiger partial charge is 0.164 e.